The Balaban J connectivity index is 1.55. The van der Waals surface area contributed by atoms with Gasteiger partial charge in [-0.1, -0.05) is 11.2 Å². The van der Waals surface area contributed by atoms with E-state index >= 15 is 0 Å². The van der Waals surface area contributed by atoms with E-state index in [4.69, 9.17) is 9.26 Å². The maximum atomic E-state index is 13.9. The molecule has 8 heteroatoms. The Morgan fingerprint density at radius 2 is 2.19 bits per heavy atom. The van der Waals surface area contributed by atoms with Crippen molar-refractivity contribution in [2.75, 3.05) is 18.6 Å². The maximum Gasteiger partial charge on any atom is 0.276 e. The number of benzene rings is 1. The van der Waals surface area contributed by atoms with E-state index in [9.17, 15) is 9.18 Å². The molecular formula is C18H15FN4O3. The zero-order valence-electron chi connectivity index (χ0n) is 13.9. The lowest BCUT2D eigenvalue weighted by atomic mass is 10.1. The summed E-state index contributed by atoms with van der Waals surface area (Å²) >= 11 is 0. The molecule has 1 saturated heterocycles. The first-order valence-corrected chi connectivity index (χ1v) is 8.04. The third kappa shape index (κ3) is 2.90. The van der Waals surface area contributed by atoms with E-state index in [1.807, 2.05) is 6.07 Å². The Bertz CT molecular complexity index is 945. The topological polar surface area (TPSA) is 81.3 Å². The fourth-order valence-electron chi connectivity index (χ4n) is 2.95. The molecule has 3 heterocycles. The van der Waals surface area contributed by atoms with Crippen LogP contribution in [0.2, 0.25) is 0 Å². The molecule has 1 amide bonds. The van der Waals surface area contributed by atoms with Crippen LogP contribution in [0.5, 0.6) is 5.75 Å². The second-order valence-corrected chi connectivity index (χ2v) is 5.90. The van der Waals surface area contributed by atoms with E-state index in [-0.39, 0.29) is 24.0 Å². The molecule has 0 bridgehead atoms. The van der Waals surface area contributed by atoms with Crippen LogP contribution in [-0.4, -0.2) is 34.7 Å². The molecule has 1 aliphatic heterocycles. The number of hydrogen-bond acceptors (Lipinski definition) is 6. The highest BCUT2D eigenvalue weighted by Crippen LogP contribution is 2.33. The number of aromatic nitrogens is 3. The molecule has 4 rings (SSSR count). The number of pyridine rings is 1. The van der Waals surface area contributed by atoms with Gasteiger partial charge in [-0.2, -0.15) is 4.98 Å². The van der Waals surface area contributed by atoms with Crippen molar-refractivity contribution in [3.63, 3.8) is 0 Å². The number of methoxy groups -OCH3 is 1. The zero-order valence-corrected chi connectivity index (χ0v) is 13.9. The number of anilines is 1. The van der Waals surface area contributed by atoms with E-state index in [2.05, 4.69) is 15.1 Å². The van der Waals surface area contributed by atoms with Gasteiger partial charge in [-0.15, -0.1) is 0 Å². The summed E-state index contributed by atoms with van der Waals surface area (Å²) in [6.07, 6.45) is 1.87. The standard InChI is InChI=1S/C18H15FN4O3/c1-25-15-6-5-12(9-13(15)19)23-10-11(8-16(23)24)17-21-18(26-22-17)14-4-2-3-7-20-14/h2-7,9,11H,8,10H2,1H3. The van der Waals surface area contributed by atoms with Crippen LogP contribution in [-0.2, 0) is 4.79 Å². The van der Waals surface area contributed by atoms with E-state index in [1.54, 1.807) is 24.4 Å². The molecule has 1 unspecified atom stereocenters. The summed E-state index contributed by atoms with van der Waals surface area (Å²) in [5.41, 5.74) is 1.05. The van der Waals surface area contributed by atoms with Crippen molar-refractivity contribution >= 4 is 11.6 Å². The van der Waals surface area contributed by atoms with Crippen molar-refractivity contribution < 1.29 is 18.4 Å². The Kier molecular flexibility index (Phi) is 4.08. The van der Waals surface area contributed by atoms with E-state index < -0.39 is 5.82 Å². The first-order valence-electron chi connectivity index (χ1n) is 8.04. The van der Waals surface area contributed by atoms with Crippen molar-refractivity contribution in [1.29, 1.82) is 0 Å². The van der Waals surface area contributed by atoms with Gasteiger partial charge in [-0.3, -0.25) is 9.78 Å². The number of ether oxygens (including phenoxy) is 1. The Labute approximate surface area is 148 Å². The smallest absolute Gasteiger partial charge is 0.276 e. The number of halogens is 1. The summed E-state index contributed by atoms with van der Waals surface area (Å²) < 4.78 is 24.1. The average molecular weight is 354 g/mol. The van der Waals surface area contributed by atoms with Crippen LogP contribution in [0.25, 0.3) is 11.6 Å². The van der Waals surface area contributed by atoms with Crippen LogP contribution in [0.3, 0.4) is 0 Å². The summed E-state index contributed by atoms with van der Waals surface area (Å²) in [5.74, 6) is 0.0171. The normalized spacial score (nSPS) is 16.9. The van der Waals surface area contributed by atoms with Crippen LogP contribution in [0.15, 0.2) is 47.1 Å². The van der Waals surface area contributed by atoms with Crippen LogP contribution in [0, 0.1) is 5.82 Å². The van der Waals surface area contributed by atoms with Gasteiger partial charge in [-0.05, 0) is 24.3 Å². The van der Waals surface area contributed by atoms with Gasteiger partial charge in [0.15, 0.2) is 17.4 Å². The van der Waals surface area contributed by atoms with Crippen LogP contribution in [0.1, 0.15) is 18.2 Å². The maximum absolute atomic E-state index is 13.9. The monoisotopic (exact) mass is 354 g/mol. The third-order valence-corrected chi connectivity index (χ3v) is 4.26. The van der Waals surface area contributed by atoms with Crippen molar-refractivity contribution in [3.8, 4) is 17.3 Å². The van der Waals surface area contributed by atoms with Gasteiger partial charge < -0.3 is 14.2 Å². The summed E-state index contributed by atoms with van der Waals surface area (Å²) in [4.78, 5) is 22.4. The lowest BCUT2D eigenvalue weighted by molar-refractivity contribution is -0.117. The quantitative estimate of drug-likeness (QED) is 0.717. The molecule has 2 aromatic heterocycles. The first-order chi connectivity index (χ1) is 12.7. The van der Waals surface area contributed by atoms with E-state index in [0.717, 1.165) is 0 Å². The molecule has 1 aromatic carbocycles. The van der Waals surface area contributed by atoms with Gasteiger partial charge in [0.1, 0.15) is 5.69 Å². The van der Waals surface area contributed by atoms with Gasteiger partial charge in [0, 0.05) is 36.8 Å². The van der Waals surface area contributed by atoms with Gasteiger partial charge in [0.05, 0.1) is 7.11 Å². The lowest BCUT2D eigenvalue weighted by Crippen LogP contribution is -2.24. The summed E-state index contributed by atoms with van der Waals surface area (Å²) in [6.45, 7) is 0.353. The molecule has 1 fully saturated rings. The molecule has 7 nitrogen and oxygen atoms in total. The molecule has 1 atom stereocenters. The fourth-order valence-corrected chi connectivity index (χ4v) is 2.95. The van der Waals surface area contributed by atoms with Crippen molar-refractivity contribution in [3.05, 3.63) is 54.2 Å². The van der Waals surface area contributed by atoms with Crippen molar-refractivity contribution in [1.82, 2.24) is 15.1 Å². The molecule has 3 aromatic rings. The molecule has 0 radical (unpaired) electrons. The molecule has 0 N–H and O–H groups in total. The highest BCUT2D eigenvalue weighted by molar-refractivity contribution is 5.96. The minimum Gasteiger partial charge on any atom is -0.494 e. The first kappa shape index (κ1) is 16.2. The second-order valence-electron chi connectivity index (χ2n) is 5.90. The summed E-state index contributed by atoms with van der Waals surface area (Å²) in [7, 11) is 1.39. The predicted molar refractivity (Wildman–Crippen MR) is 90.2 cm³/mol. The van der Waals surface area contributed by atoms with Crippen molar-refractivity contribution in [2.45, 2.75) is 12.3 Å². The Morgan fingerprint density at radius 1 is 1.31 bits per heavy atom. The van der Waals surface area contributed by atoms with Gasteiger partial charge in [0.2, 0.25) is 5.91 Å². The van der Waals surface area contributed by atoms with Crippen LogP contribution in [0.4, 0.5) is 10.1 Å². The Hall–Kier alpha value is -3.29. The van der Waals surface area contributed by atoms with Crippen LogP contribution < -0.4 is 9.64 Å². The fraction of sp³-hybridized carbons (Fsp3) is 0.222. The number of amides is 1. The van der Waals surface area contributed by atoms with Crippen LogP contribution >= 0.6 is 0 Å². The molecule has 1 aliphatic rings. The summed E-state index contributed by atoms with van der Waals surface area (Å²) in [6, 6.07) is 9.82. The molecule has 132 valence electrons. The molecule has 26 heavy (non-hydrogen) atoms. The van der Waals surface area contributed by atoms with Crippen molar-refractivity contribution in [2.24, 2.45) is 0 Å². The number of rotatable bonds is 4. The molecule has 0 saturated carbocycles. The van der Waals surface area contributed by atoms with Gasteiger partial charge in [-0.25, -0.2) is 4.39 Å². The number of hydrogen-bond donors (Lipinski definition) is 0. The minimum absolute atomic E-state index is 0.122. The minimum atomic E-state index is -0.516. The number of carbonyl (C=O) groups is 1. The average Bonchev–Trinajstić information content (AvgIpc) is 3.29. The largest absolute Gasteiger partial charge is 0.494 e. The Morgan fingerprint density at radius 3 is 2.92 bits per heavy atom. The van der Waals surface area contributed by atoms with E-state index in [0.29, 0.717) is 29.6 Å². The predicted octanol–water partition coefficient (Wildman–Crippen LogP) is 2.80. The highest BCUT2D eigenvalue weighted by atomic mass is 19.1. The van der Waals surface area contributed by atoms with Gasteiger partial charge in [0.25, 0.3) is 5.89 Å². The molecular weight excluding hydrogens is 339 g/mol. The molecule has 0 spiro atoms. The highest BCUT2D eigenvalue weighted by Gasteiger charge is 2.35. The molecule has 0 aliphatic carbocycles. The SMILES string of the molecule is COc1ccc(N2CC(c3noc(-c4ccccn4)n3)CC2=O)cc1F. The second kappa shape index (κ2) is 6.55. The number of nitrogens with zero attached hydrogens (tertiary/aromatic N) is 4. The summed E-state index contributed by atoms with van der Waals surface area (Å²) in [5, 5.41) is 3.98. The van der Waals surface area contributed by atoms with E-state index in [1.165, 1.54) is 24.1 Å². The number of carbonyl (C=O) groups excluding carboxylic acids is 1. The lowest BCUT2D eigenvalue weighted by Gasteiger charge is -2.16. The van der Waals surface area contributed by atoms with Gasteiger partial charge >= 0.3 is 0 Å². The third-order valence-electron chi connectivity index (χ3n) is 4.26. The zero-order chi connectivity index (χ0) is 18.1.